The van der Waals surface area contributed by atoms with Crippen LogP contribution in [0.4, 0.5) is 5.95 Å². The number of nitrogens with zero attached hydrogens (tertiary/aromatic N) is 4. The zero-order valence-corrected chi connectivity index (χ0v) is 14.2. The van der Waals surface area contributed by atoms with E-state index >= 15 is 0 Å². The second-order valence-electron chi connectivity index (χ2n) is 7.07. The van der Waals surface area contributed by atoms with Crippen LogP contribution in [0.25, 0.3) is 0 Å². The van der Waals surface area contributed by atoms with E-state index in [1.807, 2.05) is 11.6 Å². The van der Waals surface area contributed by atoms with Crippen molar-refractivity contribution in [3.05, 3.63) is 23.3 Å². The summed E-state index contributed by atoms with van der Waals surface area (Å²) in [5.74, 6) is 1.45. The Hall–Kier alpha value is -2.18. The van der Waals surface area contributed by atoms with E-state index in [0.717, 1.165) is 30.8 Å². The SMILES string of the molecule is CCc1c(C(=O)Nc2n[nH]c(C3CCC3)n2)cnn1C(C)(C)C. The van der Waals surface area contributed by atoms with Gasteiger partial charge in [-0.15, -0.1) is 5.10 Å². The average molecular weight is 316 g/mol. The minimum absolute atomic E-state index is 0.161. The zero-order chi connectivity index (χ0) is 16.6. The maximum absolute atomic E-state index is 12.5. The molecule has 1 fully saturated rings. The fourth-order valence-electron chi connectivity index (χ4n) is 2.85. The Morgan fingerprint density at radius 1 is 1.43 bits per heavy atom. The number of nitrogens with one attached hydrogen (secondary N) is 2. The second-order valence-corrected chi connectivity index (χ2v) is 7.07. The average Bonchev–Trinajstić information content (AvgIpc) is 3.02. The number of aromatic nitrogens is 5. The summed E-state index contributed by atoms with van der Waals surface area (Å²) >= 11 is 0. The number of hydrogen-bond donors (Lipinski definition) is 2. The van der Waals surface area contributed by atoms with Crippen LogP contribution in [-0.4, -0.2) is 30.9 Å². The first-order valence-electron chi connectivity index (χ1n) is 8.21. The van der Waals surface area contributed by atoms with E-state index in [2.05, 4.69) is 46.4 Å². The number of aromatic amines is 1. The van der Waals surface area contributed by atoms with Crippen LogP contribution in [0, 0.1) is 0 Å². The summed E-state index contributed by atoms with van der Waals surface area (Å²) in [7, 11) is 0. The smallest absolute Gasteiger partial charge is 0.261 e. The first kappa shape index (κ1) is 15.7. The first-order valence-corrected chi connectivity index (χ1v) is 8.21. The van der Waals surface area contributed by atoms with E-state index in [1.165, 1.54) is 6.42 Å². The molecule has 0 aliphatic heterocycles. The van der Waals surface area contributed by atoms with E-state index in [0.29, 0.717) is 17.4 Å². The van der Waals surface area contributed by atoms with Crippen LogP contribution < -0.4 is 5.32 Å². The molecule has 0 spiro atoms. The first-order chi connectivity index (χ1) is 10.9. The summed E-state index contributed by atoms with van der Waals surface area (Å²) < 4.78 is 1.90. The third-order valence-corrected chi connectivity index (χ3v) is 4.30. The van der Waals surface area contributed by atoms with Gasteiger partial charge in [0.15, 0.2) is 0 Å². The molecule has 2 aromatic heterocycles. The molecule has 0 radical (unpaired) electrons. The van der Waals surface area contributed by atoms with Gasteiger partial charge in [0.05, 0.1) is 23.0 Å². The van der Waals surface area contributed by atoms with Gasteiger partial charge in [-0.05, 0) is 40.0 Å². The van der Waals surface area contributed by atoms with Gasteiger partial charge in [-0.25, -0.2) is 0 Å². The minimum atomic E-state index is -0.212. The maximum Gasteiger partial charge on any atom is 0.261 e. The third-order valence-electron chi connectivity index (χ3n) is 4.30. The van der Waals surface area contributed by atoms with Crippen LogP contribution in [0.5, 0.6) is 0 Å². The Morgan fingerprint density at radius 3 is 2.74 bits per heavy atom. The molecule has 3 rings (SSSR count). The third kappa shape index (κ3) is 3.00. The van der Waals surface area contributed by atoms with Crippen molar-refractivity contribution in [3.8, 4) is 0 Å². The van der Waals surface area contributed by atoms with Crippen LogP contribution >= 0.6 is 0 Å². The molecule has 1 saturated carbocycles. The minimum Gasteiger partial charge on any atom is -0.289 e. The van der Waals surface area contributed by atoms with Gasteiger partial charge in [0, 0.05) is 5.92 Å². The highest BCUT2D eigenvalue weighted by molar-refractivity contribution is 6.04. The predicted molar refractivity (Wildman–Crippen MR) is 87.5 cm³/mol. The Balaban J connectivity index is 1.78. The number of carbonyl (C=O) groups is 1. The summed E-state index contributed by atoms with van der Waals surface area (Å²) in [6.45, 7) is 8.24. The van der Waals surface area contributed by atoms with E-state index < -0.39 is 0 Å². The normalized spacial score (nSPS) is 15.5. The number of hydrogen-bond acceptors (Lipinski definition) is 4. The van der Waals surface area contributed by atoms with Crippen molar-refractivity contribution in [2.75, 3.05) is 5.32 Å². The molecule has 0 bridgehead atoms. The molecule has 0 aromatic carbocycles. The maximum atomic E-state index is 12.5. The van der Waals surface area contributed by atoms with Gasteiger partial charge in [0.25, 0.3) is 5.91 Å². The summed E-state index contributed by atoms with van der Waals surface area (Å²) in [6.07, 6.45) is 5.88. The van der Waals surface area contributed by atoms with Gasteiger partial charge in [-0.2, -0.15) is 10.1 Å². The predicted octanol–water partition coefficient (Wildman–Crippen LogP) is 2.84. The van der Waals surface area contributed by atoms with Gasteiger partial charge in [-0.1, -0.05) is 13.3 Å². The topological polar surface area (TPSA) is 88.5 Å². The van der Waals surface area contributed by atoms with Crippen molar-refractivity contribution in [2.45, 2.75) is 64.8 Å². The molecule has 2 heterocycles. The monoisotopic (exact) mass is 316 g/mol. The highest BCUT2D eigenvalue weighted by atomic mass is 16.1. The largest absolute Gasteiger partial charge is 0.289 e. The highest BCUT2D eigenvalue weighted by Gasteiger charge is 2.25. The molecule has 23 heavy (non-hydrogen) atoms. The van der Waals surface area contributed by atoms with Crippen LogP contribution in [0.1, 0.15) is 74.8 Å². The van der Waals surface area contributed by atoms with Crippen LogP contribution in [-0.2, 0) is 12.0 Å². The van der Waals surface area contributed by atoms with E-state index in [4.69, 9.17) is 0 Å². The Bertz CT molecular complexity index is 704. The van der Waals surface area contributed by atoms with Crippen molar-refractivity contribution < 1.29 is 4.79 Å². The molecule has 7 heteroatoms. The molecular formula is C16H24N6O. The lowest BCUT2D eigenvalue weighted by molar-refractivity contribution is 0.102. The van der Waals surface area contributed by atoms with E-state index in [-0.39, 0.29) is 11.4 Å². The van der Waals surface area contributed by atoms with Crippen molar-refractivity contribution in [1.82, 2.24) is 25.0 Å². The highest BCUT2D eigenvalue weighted by Crippen LogP contribution is 2.34. The fourth-order valence-corrected chi connectivity index (χ4v) is 2.85. The molecule has 124 valence electrons. The van der Waals surface area contributed by atoms with Crippen molar-refractivity contribution in [1.29, 1.82) is 0 Å². The van der Waals surface area contributed by atoms with Gasteiger partial charge in [-0.3, -0.25) is 19.9 Å². The molecule has 0 atom stereocenters. The summed E-state index contributed by atoms with van der Waals surface area (Å²) in [6, 6.07) is 0. The van der Waals surface area contributed by atoms with Crippen LogP contribution in [0.3, 0.4) is 0 Å². The molecule has 1 aliphatic rings. The van der Waals surface area contributed by atoms with Crippen molar-refractivity contribution in [3.63, 3.8) is 0 Å². The van der Waals surface area contributed by atoms with Crippen LogP contribution in [0.2, 0.25) is 0 Å². The van der Waals surface area contributed by atoms with Gasteiger partial charge < -0.3 is 0 Å². The second kappa shape index (κ2) is 5.79. The lowest BCUT2D eigenvalue weighted by Crippen LogP contribution is -2.26. The van der Waals surface area contributed by atoms with Crippen molar-refractivity contribution in [2.24, 2.45) is 0 Å². The molecule has 2 N–H and O–H groups in total. The molecule has 0 saturated heterocycles. The van der Waals surface area contributed by atoms with Gasteiger partial charge in [0.1, 0.15) is 5.82 Å². The standard InChI is InChI=1S/C16H24N6O/c1-5-12-11(9-17-22(12)16(2,3)4)14(23)19-15-18-13(20-21-15)10-7-6-8-10/h9-10H,5-8H2,1-4H3,(H2,18,19,20,21,23). The lowest BCUT2D eigenvalue weighted by Gasteiger charge is -2.22. The van der Waals surface area contributed by atoms with Crippen molar-refractivity contribution >= 4 is 11.9 Å². The number of H-pyrrole nitrogens is 1. The van der Waals surface area contributed by atoms with E-state index in [1.54, 1.807) is 6.20 Å². The summed E-state index contributed by atoms with van der Waals surface area (Å²) in [5, 5.41) is 14.2. The molecule has 1 aliphatic carbocycles. The molecule has 0 unspecified atom stereocenters. The van der Waals surface area contributed by atoms with Crippen LogP contribution in [0.15, 0.2) is 6.20 Å². The zero-order valence-electron chi connectivity index (χ0n) is 14.2. The number of anilines is 1. The Morgan fingerprint density at radius 2 is 2.17 bits per heavy atom. The Kier molecular flexibility index (Phi) is 3.95. The number of carbonyl (C=O) groups excluding carboxylic acids is 1. The molecule has 2 aromatic rings. The molecular weight excluding hydrogens is 292 g/mol. The lowest BCUT2D eigenvalue weighted by atomic mass is 9.85. The van der Waals surface area contributed by atoms with E-state index in [9.17, 15) is 4.79 Å². The van der Waals surface area contributed by atoms with Gasteiger partial charge in [0.2, 0.25) is 5.95 Å². The summed E-state index contributed by atoms with van der Waals surface area (Å²) in [4.78, 5) is 16.9. The number of rotatable bonds is 4. The Labute approximate surface area is 135 Å². The fraction of sp³-hybridized carbons (Fsp3) is 0.625. The molecule has 1 amide bonds. The number of amides is 1. The van der Waals surface area contributed by atoms with Gasteiger partial charge >= 0.3 is 0 Å². The quantitative estimate of drug-likeness (QED) is 0.907. The summed E-state index contributed by atoms with van der Waals surface area (Å²) in [5.41, 5.74) is 1.34. The molecule has 7 nitrogen and oxygen atoms in total.